The molecule has 0 atom stereocenters. The summed E-state index contributed by atoms with van der Waals surface area (Å²) in [5.74, 6) is -2.00. The van der Waals surface area contributed by atoms with Gasteiger partial charge in [-0.1, -0.05) is 13.3 Å². The summed E-state index contributed by atoms with van der Waals surface area (Å²) in [7, 11) is -3.80. The van der Waals surface area contributed by atoms with Gasteiger partial charge in [0.05, 0.1) is 10.6 Å². The van der Waals surface area contributed by atoms with Gasteiger partial charge >= 0.3 is 0 Å². The number of nitrogens with one attached hydrogen (secondary N) is 2. The summed E-state index contributed by atoms with van der Waals surface area (Å²) >= 11 is 0. The summed E-state index contributed by atoms with van der Waals surface area (Å²) in [4.78, 5) is 11.8. The van der Waals surface area contributed by atoms with Gasteiger partial charge in [-0.15, -0.1) is 0 Å². The van der Waals surface area contributed by atoms with Gasteiger partial charge in [0, 0.05) is 12.1 Å². The molecule has 0 unspecified atom stereocenters. The lowest BCUT2D eigenvalue weighted by Crippen LogP contribution is -2.25. The highest BCUT2D eigenvalue weighted by Crippen LogP contribution is 2.20. The second kappa shape index (κ2) is 8.17. The molecule has 0 fully saturated rings. The van der Waals surface area contributed by atoms with Crippen molar-refractivity contribution < 1.29 is 22.0 Å². The first-order valence-corrected chi connectivity index (χ1v) is 9.18. The summed E-state index contributed by atoms with van der Waals surface area (Å²) in [6, 6.07) is 7.97. The number of halogens is 2. The van der Waals surface area contributed by atoms with Crippen LogP contribution in [0.25, 0.3) is 0 Å². The van der Waals surface area contributed by atoms with Crippen LogP contribution < -0.4 is 10.0 Å². The molecule has 1 amide bonds. The maximum atomic E-state index is 14.1. The second-order valence-electron chi connectivity index (χ2n) is 5.35. The molecular weight excluding hydrogens is 350 g/mol. The monoisotopic (exact) mass is 368 g/mol. The third-order valence-electron chi connectivity index (χ3n) is 3.43. The van der Waals surface area contributed by atoms with Gasteiger partial charge in [0.15, 0.2) is 0 Å². The minimum Gasteiger partial charge on any atom is -0.319 e. The van der Waals surface area contributed by atoms with Crippen LogP contribution in [-0.2, 0) is 10.0 Å². The quantitative estimate of drug-likeness (QED) is 0.737. The minimum atomic E-state index is -3.80. The van der Waals surface area contributed by atoms with Crippen molar-refractivity contribution in [3.63, 3.8) is 0 Å². The fraction of sp³-hybridized carbons (Fsp3) is 0.235. The molecule has 0 aliphatic heterocycles. The van der Waals surface area contributed by atoms with Gasteiger partial charge in [-0.2, -0.15) is 0 Å². The standard InChI is InChI=1S/C17H18F2N2O3S/c1-2-3-10-20-25(23,24)14-8-9-16(15(19)11-14)21-17(22)12-4-6-13(18)7-5-12/h4-9,11,20H,2-3,10H2,1H3,(H,21,22). The summed E-state index contributed by atoms with van der Waals surface area (Å²) in [5.41, 5.74) is -0.0134. The fourth-order valence-corrected chi connectivity index (χ4v) is 3.11. The Balaban J connectivity index is 2.13. The Kier molecular flexibility index (Phi) is 6.22. The molecule has 25 heavy (non-hydrogen) atoms. The Labute approximate surface area is 145 Å². The van der Waals surface area contributed by atoms with E-state index in [-0.39, 0.29) is 22.7 Å². The molecule has 8 heteroatoms. The van der Waals surface area contributed by atoms with Crippen LogP contribution in [0.1, 0.15) is 30.1 Å². The zero-order chi connectivity index (χ0) is 18.4. The summed E-state index contributed by atoms with van der Waals surface area (Å²) in [5, 5.41) is 2.33. The summed E-state index contributed by atoms with van der Waals surface area (Å²) < 4.78 is 53.5. The lowest BCUT2D eigenvalue weighted by molar-refractivity contribution is 0.102. The molecule has 0 bridgehead atoms. The van der Waals surface area contributed by atoms with E-state index in [1.54, 1.807) is 0 Å². The van der Waals surface area contributed by atoms with E-state index in [1.165, 1.54) is 24.3 Å². The van der Waals surface area contributed by atoms with Crippen LogP contribution in [0.15, 0.2) is 47.4 Å². The third kappa shape index (κ3) is 5.07. The molecular formula is C17H18F2N2O3S. The molecule has 0 aromatic heterocycles. The Bertz CT molecular complexity index is 853. The average molecular weight is 368 g/mol. The smallest absolute Gasteiger partial charge is 0.255 e. The van der Waals surface area contributed by atoms with E-state index in [1.807, 2.05) is 6.92 Å². The van der Waals surface area contributed by atoms with Gasteiger partial charge < -0.3 is 5.32 Å². The van der Waals surface area contributed by atoms with E-state index in [4.69, 9.17) is 0 Å². The largest absolute Gasteiger partial charge is 0.319 e. The van der Waals surface area contributed by atoms with Gasteiger partial charge in [0.2, 0.25) is 10.0 Å². The van der Waals surface area contributed by atoms with E-state index in [9.17, 15) is 22.0 Å². The number of carbonyl (C=O) groups excluding carboxylic acids is 1. The van der Waals surface area contributed by atoms with Gasteiger partial charge in [-0.25, -0.2) is 21.9 Å². The average Bonchev–Trinajstić information content (AvgIpc) is 2.57. The maximum absolute atomic E-state index is 14.1. The molecule has 5 nitrogen and oxygen atoms in total. The SMILES string of the molecule is CCCCNS(=O)(=O)c1ccc(NC(=O)c2ccc(F)cc2)c(F)c1. The predicted octanol–water partition coefficient (Wildman–Crippen LogP) is 3.30. The van der Waals surface area contributed by atoms with Crippen LogP contribution in [-0.4, -0.2) is 20.9 Å². The Morgan fingerprint density at radius 2 is 1.76 bits per heavy atom. The Hall–Kier alpha value is -2.32. The molecule has 0 heterocycles. The van der Waals surface area contributed by atoms with Crippen molar-refractivity contribution in [1.29, 1.82) is 0 Å². The van der Waals surface area contributed by atoms with Gasteiger partial charge in [-0.3, -0.25) is 4.79 Å². The van der Waals surface area contributed by atoms with Crippen molar-refractivity contribution in [1.82, 2.24) is 4.72 Å². The molecule has 0 aliphatic carbocycles. The molecule has 2 rings (SSSR count). The van der Waals surface area contributed by atoms with Gasteiger partial charge in [-0.05, 0) is 48.9 Å². The molecule has 2 aromatic carbocycles. The van der Waals surface area contributed by atoms with Crippen molar-refractivity contribution in [3.8, 4) is 0 Å². The molecule has 0 saturated carbocycles. The number of rotatable bonds is 7. The zero-order valence-electron chi connectivity index (χ0n) is 13.6. The Morgan fingerprint density at radius 3 is 2.36 bits per heavy atom. The third-order valence-corrected chi connectivity index (χ3v) is 4.89. The minimum absolute atomic E-state index is 0.152. The lowest BCUT2D eigenvalue weighted by atomic mass is 10.2. The number of anilines is 1. The van der Waals surface area contributed by atoms with E-state index < -0.39 is 27.6 Å². The number of hydrogen-bond donors (Lipinski definition) is 2. The number of sulfonamides is 1. The fourth-order valence-electron chi connectivity index (χ4n) is 2.03. The van der Waals surface area contributed by atoms with Crippen molar-refractivity contribution in [2.75, 3.05) is 11.9 Å². The number of benzene rings is 2. The zero-order valence-corrected chi connectivity index (χ0v) is 14.4. The van der Waals surface area contributed by atoms with E-state index in [2.05, 4.69) is 10.0 Å². The topological polar surface area (TPSA) is 75.3 Å². The van der Waals surface area contributed by atoms with Crippen LogP contribution in [0, 0.1) is 11.6 Å². The first kappa shape index (κ1) is 19.0. The van der Waals surface area contributed by atoms with Crippen molar-refractivity contribution in [3.05, 3.63) is 59.7 Å². The molecule has 0 aliphatic rings. The van der Waals surface area contributed by atoms with Crippen LogP contribution in [0.4, 0.5) is 14.5 Å². The second-order valence-corrected chi connectivity index (χ2v) is 7.12. The van der Waals surface area contributed by atoms with Crippen LogP contribution in [0.3, 0.4) is 0 Å². The van der Waals surface area contributed by atoms with Crippen LogP contribution >= 0.6 is 0 Å². The van der Waals surface area contributed by atoms with Crippen LogP contribution in [0.2, 0.25) is 0 Å². The lowest BCUT2D eigenvalue weighted by Gasteiger charge is -2.10. The highest BCUT2D eigenvalue weighted by atomic mass is 32.2. The molecule has 0 radical (unpaired) electrons. The number of hydrogen-bond acceptors (Lipinski definition) is 3. The van der Waals surface area contributed by atoms with Crippen molar-refractivity contribution in [2.24, 2.45) is 0 Å². The Morgan fingerprint density at radius 1 is 1.08 bits per heavy atom. The molecule has 0 spiro atoms. The van der Waals surface area contributed by atoms with E-state index in [0.717, 1.165) is 24.6 Å². The maximum Gasteiger partial charge on any atom is 0.255 e. The first-order chi connectivity index (χ1) is 11.8. The predicted molar refractivity (Wildman–Crippen MR) is 90.8 cm³/mol. The first-order valence-electron chi connectivity index (χ1n) is 7.69. The highest BCUT2D eigenvalue weighted by Gasteiger charge is 2.17. The van der Waals surface area contributed by atoms with E-state index in [0.29, 0.717) is 6.42 Å². The van der Waals surface area contributed by atoms with Gasteiger partial charge in [0.1, 0.15) is 11.6 Å². The molecule has 0 saturated heterocycles. The number of unbranched alkanes of at least 4 members (excludes halogenated alkanes) is 1. The molecule has 134 valence electrons. The van der Waals surface area contributed by atoms with E-state index >= 15 is 0 Å². The summed E-state index contributed by atoms with van der Waals surface area (Å²) in [6.45, 7) is 2.19. The van der Waals surface area contributed by atoms with Crippen molar-refractivity contribution >= 4 is 21.6 Å². The van der Waals surface area contributed by atoms with Gasteiger partial charge in [0.25, 0.3) is 5.91 Å². The molecule has 2 aromatic rings. The summed E-state index contributed by atoms with van der Waals surface area (Å²) in [6.07, 6.45) is 1.50. The molecule has 2 N–H and O–H groups in total. The van der Waals surface area contributed by atoms with Crippen molar-refractivity contribution in [2.45, 2.75) is 24.7 Å². The number of carbonyl (C=O) groups is 1. The highest BCUT2D eigenvalue weighted by molar-refractivity contribution is 7.89. The van der Waals surface area contributed by atoms with Crippen LogP contribution in [0.5, 0.6) is 0 Å². The number of amides is 1. The normalized spacial score (nSPS) is 11.3.